The van der Waals surface area contributed by atoms with Gasteiger partial charge in [0.25, 0.3) is 5.89 Å². The first-order chi connectivity index (χ1) is 17.7. The van der Waals surface area contributed by atoms with E-state index in [1.165, 1.54) is 12.1 Å². The van der Waals surface area contributed by atoms with Crippen LogP contribution in [0, 0.1) is 6.92 Å². The van der Waals surface area contributed by atoms with E-state index in [0.717, 1.165) is 27.4 Å². The molecule has 1 aliphatic heterocycles. The molecule has 2 aromatic carbocycles. The van der Waals surface area contributed by atoms with Gasteiger partial charge in [0, 0.05) is 37.8 Å². The molecule has 0 amide bonds. The number of benzene rings is 2. The van der Waals surface area contributed by atoms with Crippen LogP contribution in [0.4, 0.5) is 13.2 Å². The average molecular weight is 534 g/mol. The molecule has 5 rings (SSSR count). The zero-order valence-corrected chi connectivity index (χ0v) is 21.1. The fraction of sp³-hybridized carbons (Fsp3) is 0.400. The summed E-state index contributed by atoms with van der Waals surface area (Å²) in [6.07, 6.45) is -5.68. The van der Waals surface area contributed by atoms with Crippen molar-refractivity contribution in [1.82, 2.24) is 24.9 Å². The van der Waals surface area contributed by atoms with Crippen LogP contribution in [-0.4, -0.2) is 68.5 Å². The molecule has 8 nitrogen and oxygen atoms in total. The maximum absolute atomic E-state index is 13.0. The normalized spacial score (nSPS) is 17.2. The van der Waals surface area contributed by atoms with Gasteiger partial charge in [-0.1, -0.05) is 11.2 Å². The highest BCUT2D eigenvalue weighted by Crippen LogP contribution is 2.32. The lowest BCUT2D eigenvalue weighted by molar-refractivity contribution is -0.137. The lowest BCUT2D eigenvalue weighted by atomic mass is 10.1. The minimum absolute atomic E-state index is 0.0505. The van der Waals surface area contributed by atoms with Crippen molar-refractivity contribution in [2.45, 2.75) is 38.9 Å². The molecule has 0 saturated carbocycles. The second-order valence-corrected chi connectivity index (χ2v) is 10.3. The molecule has 1 fully saturated rings. The van der Waals surface area contributed by atoms with Gasteiger partial charge in [0.05, 0.1) is 27.3 Å². The van der Waals surface area contributed by atoms with Gasteiger partial charge >= 0.3 is 6.18 Å². The number of thiazole rings is 1. The number of aryl methyl sites for hydroxylation is 1. The van der Waals surface area contributed by atoms with E-state index >= 15 is 0 Å². The number of nitrogens with zero attached hydrogens (tertiary/aromatic N) is 5. The SMILES string of the molecule is Cc1nc2cc(OC([C@@H](C)O)N3CCN(Cc4noc(-c5cccc(C(F)(F)F)c5)n4)CC3)ccc2s1. The Labute approximate surface area is 215 Å². The van der Waals surface area contributed by atoms with E-state index in [4.69, 9.17) is 9.26 Å². The Balaban J connectivity index is 1.19. The van der Waals surface area contributed by atoms with Crippen molar-refractivity contribution >= 4 is 21.6 Å². The molecule has 0 spiro atoms. The number of fused-ring (bicyclic) bond motifs is 1. The number of hydrogen-bond donors (Lipinski definition) is 1. The lowest BCUT2D eigenvalue weighted by Gasteiger charge is -2.39. The highest BCUT2D eigenvalue weighted by molar-refractivity contribution is 7.18. The van der Waals surface area contributed by atoms with E-state index in [1.54, 1.807) is 18.3 Å². The minimum Gasteiger partial charge on any atom is -0.472 e. The van der Waals surface area contributed by atoms with E-state index < -0.39 is 24.1 Å². The molecule has 12 heteroatoms. The van der Waals surface area contributed by atoms with Gasteiger partial charge in [0.15, 0.2) is 12.1 Å². The Bertz CT molecular complexity index is 1370. The molecule has 1 unspecified atom stereocenters. The van der Waals surface area contributed by atoms with Crippen LogP contribution >= 0.6 is 11.3 Å². The number of aliphatic hydroxyl groups is 1. The summed E-state index contributed by atoms with van der Waals surface area (Å²) in [6.45, 7) is 6.70. The van der Waals surface area contributed by atoms with Gasteiger partial charge in [-0.15, -0.1) is 11.3 Å². The molecule has 0 aliphatic carbocycles. The largest absolute Gasteiger partial charge is 0.472 e. The number of aromatic nitrogens is 3. The molecule has 4 aromatic rings. The number of halogens is 3. The predicted octanol–water partition coefficient (Wildman–Crippen LogP) is 4.58. The predicted molar refractivity (Wildman–Crippen MR) is 132 cm³/mol. The number of rotatable bonds is 7. The quantitative estimate of drug-likeness (QED) is 0.370. The molecule has 0 bridgehead atoms. The maximum Gasteiger partial charge on any atom is 0.416 e. The van der Waals surface area contributed by atoms with Gasteiger partial charge in [-0.3, -0.25) is 9.80 Å². The summed E-state index contributed by atoms with van der Waals surface area (Å²) in [7, 11) is 0. The summed E-state index contributed by atoms with van der Waals surface area (Å²) in [6, 6.07) is 10.6. The Morgan fingerprint density at radius 2 is 1.89 bits per heavy atom. The van der Waals surface area contributed by atoms with Gasteiger partial charge in [-0.05, 0) is 44.2 Å². The third-order valence-corrected chi connectivity index (χ3v) is 7.12. The molecule has 3 heterocycles. The number of alkyl halides is 3. The molecule has 1 saturated heterocycles. The third-order valence-electron chi connectivity index (χ3n) is 6.17. The van der Waals surface area contributed by atoms with Gasteiger partial charge in [-0.2, -0.15) is 18.2 Å². The van der Waals surface area contributed by atoms with Crippen LogP contribution in [0.1, 0.15) is 23.3 Å². The van der Waals surface area contributed by atoms with Crippen molar-refractivity contribution < 1.29 is 27.5 Å². The highest BCUT2D eigenvalue weighted by atomic mass is 32.1. The van der Waals surface area contributed by atoms with Crippen molar-refractivity contribution in [3.63, 3.8) is 0 Å². The molecule has 196 valence electrons. The molecular weight excluding hydrogens is 507 g/mol. The Morgan fingerprint density at radius 3 is 2.62 bits per heavy atom. The minimum atomic E-state index is -4.45. The smallest absolute Gasteiger partial charge is 0.416 e. The third kappa shape index (κ3) is 5.93. The van der Waals surface area contributed by atoms with Crippen molar-refractivity contribution in [3.8, 4) is 17.2 Å². The summed E-state index contributed by atoms with van der Waals surface area (Å²) < 4.78 is 51.5. The van der Waals surface area contributed by atoms with Crippen LogP contribution in [0.3, 0.4) is 0 Å². The number of piperazine rings is 1. The monoisotopic (exact) mass is 533 g/mol. The maximum atomic E-state index is 13.0. The summed E-state index contributed by atoms with van der Waals surface area (Å²) in [5.74, 6) is 1.10. The summed E-state index contributed by atoms with van der Waals surface area (Å²) in [5.41, 5.74) is 0.331. The van der Waals surface area contributed by atoms with E-state index in [9.17, 15) is 18.3 Å². The number of ether oxygens (including phenoxy) is 1. The Kier molecular flexibility index (Phi) is 7.17. The van der Waals surface area contributed by atoms with Crippen molar-refractivity contribution in [3.05, 3.63) is 58.9 Å². The van der Waals surface area contributed by atoms with Crippen LogP contribution < -0.4 is 4.74 Å². The van der Waals surface area contributed by atoms with Crippen LogP contribution in [-0.2, 0) is 12.7 Å². The topological polar surface area (TPSA) is 87.8 Å². The van der Waals surface area contributed by atoms with Crippen molar-refractivity contribution in [2.75, 3.05) is 26.2 Å². The highest BCUT2D eigenvalue weighted by Gasteiger charge is 2.31. The van der Waals surface area contributed by atoms with Crippen molar-refractivity contribution in [2.24, 2.45) is 0 Å². The zero-order chi connectivity index (χ0) is 26.2. The molecule has 1 aliphatic rings. The van der Waals surface area contributed by atoms with Crippen molar-refractivity contribution in [1.29, 1.82) is 0 Å². The summed E-state index contributed by atoms with van der Waals surface area (Å²) in [5, 5.41) is 15.4. The average Bonchev–Trinajstić information content (AvgIpc) is 3.48. The van der Waals surface area contributed by atoms with E-state index in [0.29, 0.717) is 44.3 Å². The molecule has 2 aromatic heterocycles. The molecule has 1 N–H and O–H groups in total. The van der Waals surface area contributed by atoms with E-state index in [-0.39, 0.29) is 11.5 Å². The van der Waals surface area contributed by atoms with E-state index in [1.807, 2.05) is 25.1 Å². The molecule has 37 heavy (non-hydrogen) atoms. The summed E-state index contributed by atoms with van der Waals surface area (Å²) in [4.78, 5) is 13.0. The van der Waals surface area contributed by atoms with E-state index in [2.05, 4.69) is 24.9 Å². The lowest BCUT2D eigenvalue weighted by Crippen LogP contribution is -2.55. The second-order valence-electron chi connectivity index (χ2n) is 9.02. The van der Waals surface area contributed by atoms with Gasteiger partial charge < -0.3 is 14.4 Å². The molecular formula is C25H26F3N5O3S. The number of aliphatic hydroxyl groups excluding tert-OH is 1. The first kappa shape index (κ1) is 25.6. The first-order valence-corrected chi connectivity index (χ1v) is 12.7. The van der Waals surface area contributed by atoms with Crippen LogP contribution in [0.5, 0.6) is 5.75 Å². The van der Waals surface area contributed by atoms with Crippen LogP contribution in [0.25, 0.3) is 21.7 Å². The van der Waals surface area contributed by atoms with Crippen LogP contribution in [0.2, 0.25) is 0 Å². The fourth-order valence-corrected chi connectivity index (χ4v) is 5.16. The molecule has 0 radical (unpaired) electrons. The van der Waals surface area contributed by atoms with Gasteiger partial charge in [0.2, 0.25) is 0 Å². The second kappa shape index (κ2) is 10.4. The standard InChI is InChI=1S/C25H26F3N5O3S/c1-15(34)24(35-19-6-7-21-20(13-19)29-16(2)37-21)33-10-8-32(9-11-33)14-22-30-23(36-31-22)17-4-3-5-18(12-17)25(26,27)28/h3-7,12-13,15,24,34H,8-11,14H2,1-2H3/t15-,24?/m1/s1. The number of hydrogen-bond acceptors (Lipinski definition) is 9. The van der Waals surface area contributed by atoms with Gasteiger partial charge in [-0.25, -0.2) is 4.98 Å². The Hall–Kier alpha value is -3.06. The summed E-state index contributed by atoms with van der Waals surface area (Å²) >= 11 is 1.62. The van der Waals surface area contributed by atoms with Gasteiger partial charge in [0.1, 0.15) is 11.9 Å². The zero-order valence-electron chi connectivity index (χ0n) is 20.3. The molecule has 2 atom stereocenters. The van der Waals surface area contributed by atoms with Crippen LogP contribution in [0.15, 0.2) is 47.0 Å². The first-order valence-electron chi connectivity index (χ1n) is 11.8. The fourth-order valence-electron chi connectivity index (χ4n) is 4.35. The Morgan fingerprint density at radius 1 is 1.11 bits per heavy atom.